The predicted molar refractivity (Wildman–Crippen MR) is 105 cm³/mol. The van der Waals surface area contributed by atoms with Crippen molar-refractivity contribution in [1.29, 1.82) is 0 Å². The Morgan fingerprint density at radius 3 is 1.58 bits per heavy atom. The number of nitrogens with two attached hydrogens (primary N) is 1. The van der Waals surface area contributed by atoms with E-state index in [4.69, 9.17) is 15.6 Å². The van der Waals surface area contributed by atoms with Crippen LogP contribution >= 0.6 is 0 Å². The second-order valence-electron chi connectivity index (χ2n) is 7.18. The highest BCUT2D eigenvalue weighted by molar-refractivity contribution is 4.58. The molecule has 0 rings (SSSR count). The molecule has 3 heteroatoms. The van der Waals surface area contributed by atoms with Gasteiger partial charge in [-0.25, -0.2) is 0 Å². The van der Waals surface area contributed by atoms with E-state index in [-0.39, 0.29) is 12.7 Å². The average Bonchev–Trinajstić information content (AvgIpc) is 2.58. The molecular weight excluding hydrogens is 298 g/mol. The van der Waals surface area contributed by atoms with E-state index in [9.17, 15) is 0 Å². The number of unbranched alkanes of at least 4 members (excludes halogenated alkanes) is 13. The highest BCUT2D eigenvalue weighted by Crippen LogP contribution is 2.13. The molecule has 146 valence electrons. The molecule has 0 aromatic rings. The quantitative estimate of drug-likeness (QED) is 0.284. The van der Waals surface area contributed by atoms with E-state index >= 15 is 0 Å². The predicted octanol–water partition coefficient (Wildman–Crippen LogP) is 5.58. The third kappa shape index (κ3) is 18.2. The molecule has 0 bridgehead atoms. The normalized spacial score (nSPS) is 12.6. The Hall–Kier alpha value is -0.120. The van der Waals surface area contributed by atoms with Crippen molar-refractivity contribution in [3.63, 3.8) is 0 Å². The molecule has 1 atom stereocenters. The van der Waals surface area contributed by atoms with E-state index in [1.54, 1.807) is 0 Å². The second kappa shape index (κ2) is 20.9. The fourth-order valence-electron chi connectivity index (χ4n) is 3.19. The van der Waals surface area contributed by atoms with E-state index in [0.717, 1.165) is 25.9 Å². The summed E-state index contributed by atoms with van der Waals surface area (Å²) in [5.74, 6) is 0. The minimum Gasteiger partial charge on any atom is -0.396 e. The molecule has 0 aromatic carbocycles. The van der Waals surface area contributed by atoms with Gasteiger partial charge < -0.3 is 15.6 Å². The lowest BCUT2D eigenvalue weighted by atomic mass is 10.0. The first kappa shape index (κ1) is 23.9. The monoisotopic (exact) mass is 343 g/mol. The second-order valence-corrected chi connectivity index (χ2v) is 7.18. The lowest BCUT2D eigenvalue weighted by molar-refractivity contribution is 0.0297. The molecule has 24 heavy (non-hydrogen) atoms. The van der Waals surface area contributed by atoms with Gasteiger partial charge in [-0.05, 0) is 25.8 Å². The maximum absolute atomic E-state index is 8.97. The van der Waals surface area contributed by atoms with Gasteiger partial charge in [-0.15, -0.1) is 0 Å². The molecule has 0 amide bonds. The molecule has 0 aliphatic heterocycles. The van der Waals surface area contributed by atoms with Crippen LogP contribution in [0.4, 0.5) is 0 Å². The number of ether oxygens (including phenoxy) is 1. The fraction of sp³-hybridized carbons (Fsp3) is 1.00. The lowest BCUT2D eigenvalue weighted by Gasteiger charge is -2.15. The molecule has 0 saturated heterocycles. The van der Waals surface area contributed by atoms with Gasteiger partial charge in [-0.3, -0.25) is 0 Å². The lowest BCUT2D eigenvalue weighted by Crippen LogP contribution is -2.19. The Balaban J connectivity index is 3.14. The van der Waals surface area contributed by atoms with Crippen molar-refractivity contribution in [2.24, 2.45) is 5.73 Å². The summed E-state index contributed by atoms with van der Waals surface area (Å²) in [5.41, 5.74) is 5.55. The summed E-state index contributed by atoms with van der Waals surface area (Å²) in [6.07, 6.45) is 21.1. The molecule has 0 fully saturated rings. The molecule has 0 aromatic heterocycles. The van der Waals surface area contributed by atoms with Crippen LogP contribution in [0.5, 0.6) is 0 Å². The molecule has 0 heterocycles. The minimum atomic E-state index is 0.155. The van der Waals surface area contributed by atoms with Gasteiger partial charge in [0.25, 0.3) is 0 Å². The number of aliphatic hydroxyl groups is 1. The first-order valence-electron chi connectivity index (χ1n) is 10.8. The van der Waals surface area contributed by atoms with Crippen molar-refractivity contribution in [2.45, 2.75) is 116 Å². The van der Waals surface area contributed by atoms with Crippen molar-refractivity contribution in [1.82, 2.24) is 0 Å². The van der Waals surface area contributed by atoms with Gasteiger partial charge in [-0.1, -0.05) is 90.4 Å². The van der Waals surface area contributed by atoms with Gasteiger partial charge in [0, 0.05) is 13.2 Å². The van der Waals surface area contributed by atoms with Crippen LogP contribution < -0.4 is 5.73 Å². The van der Waals surface area contributed by atoms with Crippen molar-refractivity contribution < 1.29 is 9.84 Å². The van der Waals surface area contributed by atoms with E-state index in [1.165, 1.54) is 83.5 Å². The highest BCUT2D eigenvalue weighted by Gasteiger charge is 2.06. The Morgan fingerprint density at radius 1 is 0.708 bits per heavy atom. The average molecular weight is 344 g/mol. The number of aliphatic hydroxyl groups excluding tert-OH is 1. The number of hydrogen-bond donors (Lipinski definition) is 2. The molecule has 3 nitrogen and oxygen atoms in total. The molecular formula is C21H45NO2. The fourth-order valence-corrected chi connectivity index (χ4v) is 3.19. The Bertz CT molecular complexity index is 218. The summed E-state index contributed by atoms with van der Waals surface area (Å²) < 4.78 is 5.79. The largest absolute Gasteiger partial charge is 0.396 e. The van der Waals surface area contributed by atoms with Gasteiger partial charge in [0.2, 0.25) is 0 Å². The zero-order valence-electron chi connectivity index (χ0n) is 16.4. The Labute approximate surface area is 151 Å². The van der Waals surface area contributed by atoms with Crippen LogP contribution in [-0.2, 0) is 4.74 Å². The number of hydrogen-bond acceptors (Lipinski definition) is 3. The van der Waals surface area contributed by atoms with Crippen molar-refractivity contribution >= 4 is 0 Å². The van der Waals surface area contributed by atoms with Crippen LogP contribution in [-0.4, -0.2) is 31.0 Å². The summed E-state index contributed by atoms with van der Waals surface area (Å²) in [7, 11) is 0. The van der Waals surface area contributed by atoms with Crippen LogP contribution in [0, 0.1) is 0 Å². The van der Waals surface area contributed by atoms with Crippen molar-refractivity contribution in [2.75, 3.05) is 19.8 Å². The van der Waals surface area contributed by atoms with Gasteiger partial charge in [0.05, 0.1) is 6.10 Å². The maximum Gasteiger partial charge on any atom is 0.0609 e. The van der Waals surface area contributed by atoms with Crippen LogP contribution in [0.2, 0.25) is 0 Å². The van der Waals surface area contributed by atoms with Gasteiger partial charge >= 0.3 is 0 Å². The molecule has 0 aliphatic carbocycles. The molecule has 0 radical (unpaired) electrons. The van der Waals surface area contributed by atoms with Crippen molar-refractivity contribution in [3.8, 4) is 0 Å². The van der Waals surface area contributed by atoms with Gasteiger partial charge in [0.1, 0.15) is 0 Å². The van der Waals surface area contributed by atoms with E-state index < -0.39 is 0 Å². The molecule has 0 saturated carbocycles. The first-order chi connectivity index (χ1) is 11.8. The zero-order valence-corrected chi connectivity index (χ0v) is 16.4. The van der Waals surface area contributed by atoms with Crippen LogP contribution in [0.25, 0.3) is 0 Å². The summed E-state index contributed by atoms with van der Waals surface area (Å²) in [4.78, 5) is 0. The highest BCUT2D eigenvalue weighted by atomic mass is 16.5. The van der Waals surface area contributed by atoms with Gasteiger partial charge in [-0.2, -0.15) is 0 Å². The van der Waals surface area contributed by atoms with Crippen LogP contribution in [0.15, 0.2) is 0 Å². The SMILES string of the molecule is CCCCCCCCCCCCCCCCOC(CCN)CCO. The smallest absolute Gasteiger partial charge is 0.0609 e. The summed E-state index contributed by atoms with van der Waals surface area (Å²) in [6.45, 7) is 3.94. The third-order valence-electron chi connectivity index (χ3n) is 4.79. The first-order valence-corrected chi connectivity index (χ1v) is 10.8. The standard InChI is InChI=1S/C21H45NO2/c1-2-3-4-5-6-7-8-9-10-11-12-13-14-15-20-24-21(16-18-22)17-19-23/h21,23H,2-20,22H2,1H3. The Morgan fingerprint density at radius 2 is 1.17 bits per heavy atom. The van der Waals surface area contributed by atoms with E-state index in [0.29, 0.717) is 6.54 Å². The van der Waals surface area contributed by atoms with E-state index in [2.05, 4.69) is 6.92 Å². The summed E-state index contributed by atoms with van der Waals surface area (Å²) in [6, 6.07) is 0. The molecule has 3 N–H and O–H groups in total. The Kier molecular flexibility index (Phi) is 20.8. The molecule has 1 unspecified atom stereocenters. The minimum absolute atomic E-state index is 0.155. The number of rotatable bonds is 20. The maximum atomic E-state index is 8.97. The zero-order chi connectivity index (χ0) is 17.7. The molecule has 0 spiro atoms. The summed E-state index contributed by atoms with van der Waals surface area (Å²) >= 11 is 0. The van der Waals surface area contributed by atoms with Gasteiger partial charge in [0.15, 0.2) is 0 Å². The van der Waals surface area contributed by atoms with Crippen LogP contribution in [0.1, 0.15) is 110 Å². The van der Waals surface area contributed by atoms with Crippen LogP contribution in [0.3, 0.4) is 0 Å². The summed E-state index contributed by atoms with van der Waals surface area (Å²) in [5, 5.41) is 8.97. The molecule has 0 aliphatic rings. The topological polar surface area (TPSA) is 55.5 Å². The third-order valence-corrected chi connectivity index (χ3v) is 4.79. The van der Waals surface area contributed by atoms with Crippen molar-refractivity contribution in [3.05, 3.63) is 0 Å². The van der Waals surface area contributed by atoms with E-state index in [1.807, 2.05) is 0 Å².